The monoisotopic (exact) mass is 396 g/mol. The van der Waals surface area contributed by atoms with Crippen LogP contribution in [0.15, 0.2) is 11.6 Å². The van der Waals surface area contributed by atoms with Crippen LogP contribution in [-0.4, -0.2) is 46.2 Å². The molecule has 2 aliphatic carbocycles. The highest BCUT2D eigenvalue weighted by molar-refractivity contribution is 5.82. The van der Waals surface area contributed by atoms with E-state index in [0.29, 0.717) is 11.3 Å². The molecular weight excluding hydrogens is 356 g/mol. The molecule has 2 rings (SSSR count). The van der Waals surface area contributed by atoms with Gasteiger partial charge in [0.2, 0.25) is 0 Å². The van der Waals surface area contributed by atoms with E-state index in [-0.39, 0.29) is 17.9 Å². The van der Waals surface area contributed by atoms with E-state index < -0.39 is 24.3 Å². The molecule has 0 aromatic carbocycles. The number of hydrogen-bond donors (Lipinski definition) is 3. The van der Waals surface area contributed by atoms with Crippen LogP contribution in [0, 0.1) is 22.7 Å². The maximum Gasteiger partial charge on any atom is 0.330 e. The van der Waals surface area contributed by atoms with Gasteiger partial charge in [-0.25, -0.2) is 4.79 Å². The molecular formula is C23H40O5. The van der Waals surface area contributed by atoms with Crippen LogP contribution < -0.4 is 0 Å². The van der Waals surface area contributed by atoms with Crippen molar-refractivity contribution < 1.29 is 24.9 Å². The summed E-state index contributed by atoms with van der Waals surface area (Å²) in [6.07, 6.45) is 7.56. The minimum Gasteiger partial charge on any atom is -0.460 e. The van der Waals surface area contributed by atoms with Gasteiger partial charge in [0.25, 0.3) is 0 Å². The molecule has 0 spiro atoms. The Morgan fingerprint density at radius 2 is 1.89 bits per heavy atom. The molecule has 2 aliphatic rings. The number of hydrogen-bond acceptors (Lipinski definition) is 5. The molecule has 5 nitrogen and oxygen atoms in total. The molecule has 0 aromatic heterocycles. The average molecular weight is 397 g/mol. The largest absolute Gasteiger partial charge is 0.460 e. The number of aliphatic hydroxyl groups is 3. The summed E-state index contributed by atoms with van der Waals surface area (Å²) < 4.78 is 4.96. The Labute approximate surface area is 170 Å². The van der Waals surface area contributed by atoms with Crippen LogP contribution in [0.3, 0.4) is 0 Å². The number of fused-ring (bicyclic) bond motifs is 1. The molecule has 0 aliphatic heterocycles. The van der Waals surface area contributed by atoms with Crippen LogP contribution in [0.4, 0.5) is 0 Å². The molecule has 2 saturated carbocycles. The van der Waals surface area contributed by atoms with E-state index in [1.807, 2.05) is 13.8 Å². The van der Waals surface area contributed by atoms with Gasteiger partial charge < -0.3 is 20.1 Å². The van der Waals surface area contributed by atoms with Crippen molar-refractivity contribution in [3.8, 4) is 0 Å². The first-order valence-corrected chi connectivity index (χ1v) is 10.8. The lowest BCUT2D eigenvalue weighted by atomic mass is 9.45. The minimum absolute atomic E-state index is 0.121. The van der Waals surface area contributed by atoms with Crippen molar-refractivity contribution in [3.05, 3.63) is 11.6 Å². The third-order valence-electron chi connectivity index (χ3n) is 7.58. The Balaban J connectivity index is 2.05. The van der Waals surface area contributed by atoms with Gasteiger partial charge in [-0.2, -0.15) is 0 Å². The second-order valence-corrected chi connectivity index (χ2v) is 10.3. The quantitative estimate of drug-likeness (QED) is 0.452. The Kier molecular flexibility index (Phi) is 7.38. The van der Waals surface area contributed by atoms with Crippen molar-refractivity contribution in [2.75, 3.05) is 13.2 Å². The van der Waals surface area contributed by atoms with Crippen LogP contribution in [-0.2, 0) is 9.53 Å². The zero-order chi connectivity index (χ0) is 21.2. The van der Waals surface area contributed by atoms with Gasteiger partial charge in [-0.3, -0.25) is 0 Å². The summed E-state index contributed by atoms with van der Waals surface area (Å²) in [6.45, 7) is 10.4. The summed E-state index contributed by atoms with van der Waals surface area (Å²) in [5, 5.41) is 29.3. The molecule has 0 saturated heterocycles. The van der Waals surface area contributed by atoms with Crippen LogP contribution in [0.2, 0.25) is 0 Å². The average Bonchev–Trinajstić information content (AvgIpc) is 2.57. The number of carbonyl (C=O) groups excluding carboxylic acids is 1. The molecule has 0 aromatic rings. The van der Waals surface area contributed by atoms with Gasteiger partial charge >= 0.3 is 5.97 Å². The second kappa shape index (κ2) is 8.85. The van der Waals surface area contributed by atoms with E-state index in [1.54, 1.807) is 0 Å². The van der Waals surface area contributed by atoms with Crippen LogP contribution in [0.1, 0.15) is 79.6 Å². The Morgan fingerprint density at radius 3 is 2.54 bits per heavy atom. The van der Waals surface area contributed by atoms with Crippen LogP contribution in [0.5, 0.6) is 0 Å². The van der Waals surface area contributed by atoms with Crippen molar-refractivity contribution in [1.82, 2.24) is 0 Å². The number of rotatable bonds is 7. The predicted molar refractivity (Wildman–Crippen MR) is 110 cm³/mol. The highest BCUT2D eigenvalue weighted by Crippen LogP contribution is 2.62. The molecule has 0 amide bonds. The summed E-state index contributed by atoms with van der Waals surface area (Å²) >= 11 is 0. The van der Waals surface area contributed by atoms with Crippen LogP contribution in [0.25, 0.3) is 0 Å². The molecule has 2 fully saturated rings. The Morgan fingerprint density at radius 1 is 1.21 bits per heavy atom. The zero-order valence-electron chi connectivity index (χ0n) is 18.3. The molecule has 0 radical (unpaired) electrons. The summed E-state index contributed by atoms with van der Waals surface area (Å²) in [7, 11) is 0. The van der Waals surface area contributed by atoms with Gasteiger partial charge in [-0.15, -0.1) is 0 Å². The summed E-state index contributed by atoms with van der Waals surface area (Å²) in [6, 6.07) is 0. The molecule has 5 atom stereocenters. The van der Waals surface area contributed by atoms with Gasteiger partial charge in [0, 0.05) is 6.08 Å². The number of ether oxygens (including phenoxy) is 1. The van der Waals surface area contributed by atoms with Crippen molar-refractivity contribution in [1.29, 1.82) is 0 Å². The minimum atomic E-state index is -1.04. The molecule has 0 heterocycles. The maximum atomic E-state index is 11.9. The van der Waals surface area contributed by atoms with Gasteiger partial charge in [-0.1, -0.05) is 32.8 Å². The second-order valence-electron chi connectivity index (χ2n) is 10.3. The predicted octanol–water partition coefficient (Wildman–Crippen LogP) is 3.60. The standard InChI is InChI=1S/C23H40O5/c1-16(13-20(26)28-15-17(25)14-24)7-8-19-22(4)11-6-10-21(2,3)18(22)9-12-23(19,5)27/h13,17-19,24-25,27H,6-12,14-15H2,1-5H3/b16-13+/t17-,18+,19-,22+,23+/m1/s1. The number of carbonyl (C=O) groups is 1. The summed E-state index contributed by atoms with van der Waals surface area (Å²) in [5.74, 6) is 0.324. The topological polar surface area (TPSA) is 87.0 Å². The van der Waals surface area contributed by atoms with E-state index in [1.165, 1.54) is 18.9 Å². The highest BCUT2D eigenvalue weighted by Gasteiger charge is 2.57. The van der Waals surface area contributed by atoms with Crippen molar-refractivity contribution >= 4 is 5.97 Å². The Hall–Kier alpha value is -0.910. The SMILES string of the molecule is C/C(=C\C(=O)OC[C@H](O)CO)CC[C@@H]1[C@@]2(C)CCCC(C)(C)[C@@H]2CC[C@]1(C)O. The molecule has 0 bridgehead atoms. The van der Waals surface area contributed by atoms with E-state index in [0.717, 1.165) is 37.7 Å². The molecule has 28 heavy (non-hydrogen) atoms. The fourth-order valence-electron chi connectivity index (χ4n) is 6.18. The highest BCUT2D eigenvalue weighted by atomic mass is 16.5. The first-order chi connectivity index (χ1) is 12.9. The molecule has 0 unspecified atom stereocenters. The van der Waals surface area contributed by atoms with E-state index in [2.05, 4.69) is 20.8 Å². The fraction of sp³-hybridized carbons (Fsp3) is 0.870. The van der Waals surface area contributed by atoms with Gasteiger partial charge in [0.15, 0.2) is 0 Å². The lowest BCUT2D eigenvalue weighted by molar-refractivity contribution is -0.168. The zero-order valence-corrected chi connectivity index (χ0v) is 18.3. The van der Waals surface area contributed by atoms with Gasteiger partial charge in [0.05, 0.1) is 12.2 Å². The van der Waals surface area contributed by atoms with Crippen molar-refractivity contribution in [3.63, 3.8) is 0 Å². The third kappa shape index (κ3) is 5.17. The number of allylic oxidation sites excluding steroid dienone is 1. The third-order valence-corrected chi connectivity index (χ3v) is 7.58. The van der Waals surface area contributed by atoms with Crippen LogP contribution >= 0.6 is 0 Å². The van der Waals surface area contributed by atoms with Gasteiger partial charge in [-0.05, 0) is 75.0 Å². The molecule has 5 heteroatoms. The first-order valence-electron chi connectivity index (χ1n) is 10.8. The lowest BCUT2D eigenvalue weighted by Crippen LogP contribution is -2.57. The van der Waals surface area contributed by atoms with Gasteiger partial charge in [0.1, 0.15) is 12.7 Å². The maximum absolute atomic E-state index is 11.9. The fourth-order valence-corrected chi connectivity index (χ4v) is 6.18. The van der Waals surface area contributed by atoms with E-state index >= 15 is 0 Å². The first kappa shape index (κ1) is 23.4. The molecule has 162 valence electrons. The summed E-state index contributed by atoms with van der Waals surface area (Å²) in [5.41, 5.74) is 0.671. The van der Waals surface area contributed by atoms with Crippen molar-refractivity contribution in [2.45, 2.75) is 91.3 Å². The van der Waals surface area contributed by atoms with E-state index in [9.17, 15) is 15.0 Å². The normalized spacial score (nSPS) is 36.5. The molecule has 3 N–H and O–H groups in total. The lowest BCUT2D eigenvalue weighted by Gasteiger charge is -2.61. The van der Waals surface area contributed by atoms with E-state index in [4.69, 9.17) is 9.84 Å². The number of esters is 1. The Bertz CT molecular complexity index is 580. The smallest absolute Gasteiger partial charge is 0.330 e. The van der Waals surface area contributed by atoms with Crippen molar-refractivity contribution in [2.24, 2.45) is 22.7 Å². The summed E-state index contributed by atoms with van der Waals surface area (Å²) in [4.78, 5) is 11.9. The number of aliphatic hydroxyl groups excluding tert-OH is 2.